The van der Waals surface area contributed by atoms with Gasteiger partial charge < -0.3 is 9.67 Å². The summed E-state index contributed by atoms with van der Waals surface area (Å²) in [5.41, 5.74) is 5.63. The number of aliphatic hydroxyl groups excluding tert-OH is 1. The van der Waals surface area contributed by atoms with Crippen LogP contribution < -0.4 is 0 Å². The smallest absolute Gasteiger partial charge is 0.0517 e. The minimum atomic E-state index is 0.251. The lowest BCUT2D eigenvalue weighted by Crippen LogP contribution is -2.09. The summed E-state index contributed by atoms with van der Waals surface area (Å²) in [5.74, 6) is 0.280. The van der Waals surface area contributed by atoms with Crippen LogP contribution in [0.25, 0.3) is 10.9 Å². The van der Waals surface area contributed by atoms with Crippen molar-refractivity contribution in [2.24, 2.45) is 0 Å². The summed E-state index contributed by atoms with van der Waals surface area (Å²) in [6.45, 7) is 5.75. The number of para-hydroxylation sites is 1. The summed E-state index contributed by atoms with van der Waals surface area (Å²) in [7, 11) is 0. The number of aliphatic hydroxyl groups is 1. The van der Waals surface area contributed by atoms with Crippen LogP contribution in [-0.4, -0.2) is 16.3 Å². The van der Waals surface area contributed by atoms with E-state index >= 15 is 0 Å². The predicted molar refractivity (Wildman–Crippen MR) is 75.1 cm³/mol. The topological polar surface area (TPSA) is 25.2 Å². The van der Waals surface area contributed by atoms with Gasteiger partial charge in [0.1, 0.15) is 0 Å². The Labute approximate surface area is 108 Å². The Morgan fingerprint density at radius 2 is 2.22 bits per heavy atom. The van der Waals surface area contributed by atoms with Gasteiger partial charge in [-0.25, -0.2) is 0 Å². The van der Waals surface area contributed by atoms with Crippen LogP contribution >= 0.6 is 0 Å². The maximum absolute atomic E-state index is 9.62. The normalized spacial score (nSPS) is 16.2. The number of hydrogen-bond acceptors (Lipinski definition) is 1. The first-order valence-electron chi connectivity index (χ1n) is 6.99. The lowest BCUT2D eigenvalue weighted by Gasteiger charge is -2.16. The number of nitrogens with zero attached hydrogens (tertiary/aromatic N) is 1. The summed E-state index contributed by atoms with van der Waals surface area (Å²) < 4.78 is 2.46. The van der Waals surface area contributed by atoms with Crippen molar-refractivity contribution in [1.29, 1.82) is 0 Å². The molecule has 2 nitrogen and oxygen atoms in total. The van der Waals surface area contributed by atoms with E-state index in [1.807, 2.05) is 0 Å². The Bertz CT molecular complexity index is 578. The van der Waals surface area contributed by atoms with Crippen LogP contribution in [0.1, 0.15) is 42.5 Å². The molecule has 1 atom stereocenters. The van der Waals surface area contributed by atoms with Crippen LogP contribution in [-0.2, 0) is 13.0 Å². The molecule has 96 valence electrons. The fourth-order valence-corrected chi connectivity index (χ4v) is 3.48. The molecule has 0 saturated heterocycles. The summed E-state index contributed by atoms with van der Waals surface area (Å²) in [4.78, 5) is 0. The van der Waals surface area contributed by atoms with E-state index in [-0.39, 0.29) is 12.5 Å². The highest BCUT2D eigenvalue weighted by atomic mass is 16.3. The van der Waals surface area contributed by atoms with Gasteiger partial charge >= 0.3 is 0 Å². The first kappa shape index (κ1) is 11.8. The van der Waals surface area contributed by atoms with Crippen LogP contribution in [0.2, 0.25) is 0 Å². The van der Waals surface area contributed by atoms with E-state index in [1.165, 1.54) is 40.6 Å². The Morgan fingerprint density at radius 3 is 2.94 bits per heavy atom. The lowest BCUT2D eigenvalue weighted by molar-refractivity contribution is 0.262. The fraction of sp³-hybridized carbons (Fsp3) is 0.500. The van der Waals surface area contributed by atoms with Gasteiger partial charge in [-0.05, 0) is 37.3 Å². The standard InChI is InChI=1S/C16H21NO/c1-3-12(10-18)15-11(2)17-9-5-7-13-6-4-8-14(15)16(13)17/h4,6,8,12,18H,3,5,7,9-10H2,1-2H3. The molecule has 2 aromatic rings. The maximum Gasteiger partial charge on any atom is 0.0517 e. The van der Waals surface area contributed by atoms with Crippen LogP contribution in [0.5, 0.6) is 0 Å². The molecule has 1 aliphatic rings. The highest BCUT2D eigenvalue weighted by molar-refractivity contribution is 5.89. The quantitative estimate of drug-likeness (QED) is 0.878. The minimum Gasteiger partial charge on any atom is -0.396 e. The van der Waals surface area contributed by atoms with E-state index in [2.05, 4.69) is 36.6 Å². The van der Waals surface area contributed by atoms with Crippen molar-refractivity contribution < 1.29 is 5.11 Å². The molecule has 3 rings (SSSR count). The molecule has 0 spiro atoms. The van der Waals surface area contributed by atoms with Crippen molar-refractivity contribution >= 4 is 10.9 Å². The van der Waals surface area contributed by atoms with E-state index in [0.29, 0.717) is 0 Å². The molecule has 1 aliphatic heterocycles. The summed E-state index contributed by atoms with van der Waals surface area (Å²) in [5, 5.41) is 11.0. The SMILES string of the molecule is CCC(CO)c1c(C)n2c3c(cccc13)CCC2. The molecule has 0 amide bonds. The second-order valence-corrected chi connectivity index (χ2v) is 5.36. The van der Waals surface area contributed by atoms with Gasteiger partial charge in [-0.15, -0.1) is 0 Å². The second-order valence-electron chi connectivity index (χ2n) is 5.36. The summed E-state index contributed by atoms with van der Waals surface area (Å²) in [6.07, 6.45) is 3.42. The van der Waals surface area contributed by atoms with E-state index in [1.54, 1.807) is 0 Å². The number of aromatic nitrogens is 1. The van der Waals surface area contributed by atoms with Crippen LogP contribution in [0, 0.1) is 6.92 Å². The van der Waals surface area contributed by atoms with Crippen molar-refractivity contribution in [3.05, 3.63) is 35.0 Å². The number of benzene rings is 1. The minimum absolute atomic E-state index is 0.251. The molecule has 2 heterocycles. The molecule has 0 fully saturated rings. The van der Waals surface area contributed by atoms with E-state index < -0.39 is 0 Å². The Kier molecular flexibility index (Phi) is 2.90. The average Bonchev–Trinajstić information content (AvgIpc) is 2.69. The largest absolute Gasteiger partial charge is 0.396 e. The Morgan fingerprint density at radius 1 is 1.39 bits per heavy atom. The Balaban J connectivity index is 2.33. The van der Waals surface area contributed by atoms with Gasteiger partial charge in [-0.3, -0.25) is 0 Å². The molecule has 1 aromatic heterocycles. The zero-order chi connectivity index (χ0) is 12.7. The third-order valence-corrected chi connectivity index (χ3v) is 4.42. The van der Waals surface area contributed by atoms with E-state index in [9.17, 15) is 5.11 Å². The molecular formula is C16H21NO. The number of hydrogen-bond donors (Lipinski definition) is 1. The van der Waals surface area contributed by atoms with Gasteiger partial charge in [0.2, 0.25) is 0 Å². The molecule has 0 radical (unpaired) electrons. The second kappa shape index (κ2) is 4.43. The molecule has 2 heteroatoms. The Hall–Kier alpha value is -1.28. The van der Waals surface area contributed by atoms with Crippen molar-refractivity contribution in [2.45, 2.75) is 45.6 Å². The van der Waals surface area contributed by atoms with E-state index in [0.717, 1.165) is 13.0 Å². The molecule has 0 saturated carbocycles. The molecule has 1 aromatic carbocycles. The zero-order valence-electron chi connectivity index (χ0n) is 11.2. The van der Waals surface area contributed by atoms with Crippen molar-refractivity contribution in [2.75, 3.05) is 6.61 Å². The summed E-state index contributed by atoms with van der Waals surface area (Å²) in [6, 6.07) is 6.64. The van der Waals surface area contributed by atoms with Crippen LogP contribution in [0.15, 0.2) is 18.2 Å². The molecular weight excluding hydrogens is 222 g/mol. The first-order chi connectivity index (χ1) is 8.77. The van der Waals surface area contributed by atoms with Gasteiger partial charge in [0.05, 0.1) is 12.1 Å². The van der Waals surface area contributed by atoms with E-state index in [4.69, 9.17) is 0 Å². The van der Waals surface area contributed by atoms with Gasteiger partial charge in [0.25, 0.3) is 0 Å². The highest BCUT2D eigenvalue weighted by Gasteiger charge is 2.23. The maximum atomic E-state index is 9.62. The van der Waals surface area contributed by atoms with Crippen molar-refractivity contribution in [3.63, 3.8) is 0 Å². The number of rotatable bonds is 3. The monoisotopic (exact) mass is 243 g/mol. The van der Waals surface area contributed by atoms with Crippen molar-refractivity contribution in [1.82, 2.24) is 4.57 Å². The molecule has 0 aliphatic carbocycles. The molecule has 1 unspecified atom stereocenters. The van der Waals surface area contributed by atoms with Gasteiger partial charge in [-0.1, -0.05) is 25.1 Å². The fourth-order valence-electron chi connectivity index (χ4n) is 3.48. The molecule has 1 N–H and O–H groups in total. The van der Waals surface area contributed by atoms with Gasteiger partial charge in [0, 0.05) is 23.5 Å². The predicted octanol–water partition coefficient (Wildman–Crippen LogP) is 3.38. The zero-order valence-corrected chi connectivity index (χ0v) is 11.2. The summed E-state index contributed by atoms with van der Waals surface area (Å²) >= 11 is 0. The third-order valence-electron chi connectivity index (χ3n) is 4.42. The van der Waals surface area contributed by atoms with Crippen molar-refractivity contribution in [3.8, 4) is 0 Å². The third kappa shape index (κ3) is 1.52. The average molecular weight is 243 g/mol. The molecule has 18 heavy (non-hydrogen) atoms. The highest BCUT2D eigenvalue weighted by Crippen LogP contribution is 2.37. The first-order valence-corrected chi connectivity index (χ1v) is 6.99. The van der Waals surface area contributed by atoms with Crippen LogP contribution in [0.4, 0.5) is 0 Å². The molecule has 0 bridgehead atoms. The van der Waals surface area contributed by atoms with Gasteiger partial charge in [-0.2, -0.15) is 0 Å². The number of aryl methyl sites for hydroxylation is 2. The van der Waals surface area contributed by atoms with Gasteiger partial charge in [0.15, 0.2) is 0 Å². The lowest BCUT2D eigenvalue weighted by atomic mass is 9.93. The van der Waals surface area contributed by atoms with Crippen LogP contribution in [0.3, 0.4) is 0 Å².